The van der Waals surface area contributed by atoms with Gasteiger partial charge in [0, 0.05) is 34.4 Å². The fourth-order valence-electron chi connectivity index (χ4n) is 3.33. The Bertz CT molecular complexity index is 976. The van der Waals surface area contributed by atoms with Crippen molar-refractivity contribution in [1.82, 2.24) is 0 Å². The van der Waals surface area contributed by atoms with Gasteiger partial charge in [-0.05, 0) is 30.7 Å². The van der Waals surface area contributed by atoms with Crippen molar-refractivity contribution in [2.75, 3.05) is 11.4 Å². The van der Waals surface area contributed by atoms with Gasteiger partial charge >= 0.3 is 0 Å². The summed E-state index contributed by atoms with van der Waals surface area (Å²) in [5.41, 5.74) is 3.52. The first-order valence-corrected chi connectivity index (χ1v) is 7.85. The fourth-order valence-corrected chi connectivity index (χ4v) is 3.33. The average Bonchev–Trinajstić information content (AvgIpc) is 2.61. The minimum Gasteiger partial charge on any atom is -0.459 e. The Morgan fingerprint density at radius 3 is 2.83 bits per heavy atom. The summed E-state index contributed by atoms with van der Waals surface area (Å²) in [6.45, 7) is 3.08. The maximum atomic E-state index is 6.15. The largest absolute Gasteiger partial charge is 0.459 e. The SMILES string of the molecule is C#CCC1=c2c(ccc3c2=CC=CN3CC)-c2ccccc2O1. The fraction of sp³-hybridized carbons (Fsp3) is 0.143. The van der Waals surface area contributed by atoms with Crippen LogP contribution >= 0.6 is 0 Å². The standard InChI is InChI=1S/C21H17NO/c1-3-8-20-21-16(15-9-5-6-11-19(15)23-20)12-13-18-17(21)10-7-14-22(18)4-2/h1,5-7,9-14H,4,8H2,2H3. The molecule has 0 radical (unpaired) electrons. The molecule has 0 atom stereocenters. The minimum atomic E-state index is 0.488. The summed E-state index contributed by atoms with van der Waals surface area (Å²) in [5.74, 6) is 4.47. The van der Waals surface area contributed by atoms with E-state index >= 15 is 0 Å². The quantitative estimate of drug-likeness (QED) is 0.790. The first kappa shape index (κ1) is 13.7. The third kappa shape index (κ3) is 2.05. The van der Waals surface area contributed by atoms with Crippen molar-refractivity contribution in [3.05, 3.63) is 59.1 Å². The van der Waals surface area contributed by atoms with Crippen molar-refractivity contribution in [1.29, 1.82) is 0 Å². The third-order valence-corrected chi connectivity index (χ3v) is 4.35. The van der Waals surface area contributed by atoms with E-state index in [-0.39, 0.29) is 0 Å². The van der Waals surface area contributed by atoms with E-state index in [1.807, 2.05) is 18.2 Å². The molecule has 0 fully saturated rings. The second kappa shape index (κ2) is 5.37. The van der Waals surface area contributed by atoms with E-state index in [2.05, 4.69) is 54.3 Å². The predicted molar refractivity (Wildman–Crippen MR) is 95.2 cm³/mol. The van der Waals surface area contributed by atoms with Crippen molar-refractivity contribution in [2.24, 2.45) is 0 Å². The van der Waals surface area contributed by atoms with E-state index in [1.165, 1.54) is 16.5 Å². The summed E-state index contributed by atoms with van der Waals surface area (Å²) < 4.78 is 6.15. The Balaban J connectivity index is 2.12. The predicted octanol–water partition coefficient (Wildman–Crippen LogP) is 3.01. The molecule has 2 aromatic carbocycles. The minimum absolute atomic E-state index is 0.488. The smallest absolute Gasteiger partial charge is 0.134 e. The summed E-state index contributed by atoms with van der Waals surface area (Å²) in [4.78, 5) is 2.24. The Kier molecular flexibility index (Phi) is 3.20. The van der Waals surface area contributed by atoms with E-state index in [1.54, 1.807) is 0 Å². The lowest BCUT2D eigenvalue weighted by molar-refractivity contribution is 0.493. The van der Waals surface area contributed by atoms with E-state index < -0.39 is 0 Å². The van der Waals surface area contributed by atoms with Crippen LogP contribution in [0.2, 0.25) is 0 Å². The number of terminal acetylenes is 1. The molecule has 0 aliphatic carbocycles. The summed E-state index contributed by atoms with van der Waals surface area (Å²) in [7, 11) is 0. The van der Waals surface area contributed by atoms with Crippen molar-refractivity contribution in [3.63, 3.8) is 0 Å². The van der Waals surface area contributed by atoms with Gasteiger partial charge in [0.25, 0.3) is 0 Å². The molecule has 4 rings (SSSR count). The van der Waals surface area contributed by atoms with Gasteiger partial charge in [0.05, 0.1) is 6.42 Å². The van der Waals surface area contributed by atoms with Gasteiger partial charge < -0.3 is 9.64 Å². The number of allylic oxidation sites excluding steroid dienone is 1. The van der Waals surface area contributed by atoms with Gasteiger partial charge in [-0.2, -0.15) is 0 Å². The maximum Gasteiger partial charge on any atom is 0.134 e. The van der Waals surface area contributed by atoms with Crippen molar-refractivity contribution < 1.29 is 4.74 Å². The summed E-state index contributed by atoms with van der Waals surface area (Å²) in [6.07, 6.45) is 12.4. The van der Waals surface area contributed by atoms with Crippen LogP contribution < -0.4 is 20.1 Å². The Hall–Kier alpha value is -2.92. The maximum absolute atomic E-state index is 6.15. The highest BCUT2D eigenvalue weighted by molar-refractivity contribution is 5.80. The molecule has 0 aromatic heterocycles. The van der Waals surface area contributed by atoms with Crippen molar-refractivity contribution in [3.8, 4) is 29.2 Å². The second-order valence-electron chi connectivity index (χ2n) is 5.62. The highest BCUT2D eigenvalue weighted by Crippen LogP contribution is 2.33. The molecule has 2 heteroatoms. The lowest BCUT2D eigenvalue weighted by Gasteiger charge is -2.25. The Morgan fingerprint density at radius 2 is 2.00 bits per heavy atom. The molecule has 23 heavy (non-hydrogen) atoms. The molecule has 2 nitrogen and oxygen atoms in total. The number of para-hydroxylation sites is 1. The van der Waals surface area contributed by atoms with E-state index in [0.717, 1.165) is 28.8 Å². The van der Waals surface area contributed by atoms with Gasteiger partial charge in [-0.25, -0.2) is 0 Å². The van der Waals surface area contributed by atoms with Crippen LogP contribution in [0.5, 0.6) is 5.75 Å². The molecular weight excluding hydrogens is 282 g/mol. The van der Waals surface area contributed by atoms with Gasteiger partial charge in [0.2, 0.25) is 0 Å². The van der Waals surface area contributed by atoms with Crippen LogP contribution in [0.25, 0.3) is 23.0 Å². The van der Waals surface area contributed by atoms with Crippen LogP contribution in [0.4, 0.5) is 5.69 Å². The number of hydrogen-bond donors (Lipinski definition) is 0. The van der Waals surface area contributed by atoms with Crippen molar-refractivity contribution >= 4 is 17.5 Å². The molecule has 0 unspecified atom stereocenters. The number of ether oxygens (including phenoxy) is 1. The molecule has 0 saturated carbocycles. The zero-order valence-electron chi connectivity index (χ0n) is 13.0. The number of rotatable bonds is 2. The normalized spacial score (nSPS) is 14.1. The van der Waals surface area contributed by atoms with Crippen LogP contribution in [0.3, 0.4) is 0 Å². The lowest BCUT2D eigenvalue weighted by Crippen LogP contribution is -2.38. The molecule has 0 spiro atoms. The molecule has 0 bridgehead atoms. The van der Waals surface area contributed by atoms with Crippen LogP contribution in [0.1, 0.15) is 13.3 Å². The number of hydrogen-bond acceptors (Lipinski definition) is 2. The average molecular weight is 299 g/mol. The Labute approximate surface area is 136 Å². The van der Waals surface area contributed by atoms with Crippen LogP contribution in [-0.2, 0) is 0 Å². The third-order valence-electron chi connectivity index (χ3n) is 4.35. The molecule has 0 N–H and O–H groups in total. The summed E-state index contributed by atoms with van der Waals surface area (Å²) in [5, 5.41) is 2.31. The first-order chi connectivity index (χ1) is 11.3. The van der Waals surface area contributed by atoms with Gasteiger partial charge in [-0.3, -0.25) is 0 Å². The number of nitrogens with zero attached hydrogens (tertiary/aromatic N) is 1. The van der Waals surface area contributed by atoms with Crippen LogP contribution in [0, 0.1) is 12.3 Å². The number of benzene rings is 2. The molecule has 0 amide bonds. The highest BCUT2D eigenvalue weighted by atomic mass is 16.5. The topological polar surface area (TPSA) is 12.5 Å². The second-order valence-corrected chi connectivity index (χ2v) is 5.62. The lowest BCUT2D eigenvalue weighted by atomic mass is 9.95. The van der Waals surface area contributed by atoms with Gasteiger partial charge in [-0.1, -0.05) is 36.3 Å². The summed E-state index contributed by atoms with van der Waals surface area (Å²) in [6, 6.07) is 12.5. The number of anilines is 1. The molecule has 0 saturated heterocycles. The van der Waals surface area contributed by atoms with E-state index in [9.17, 15) is 0 Å². The molecule has 2 aliphatic heterocycles. The van der Waals surface area contributed by atoms with E-state index in [0.29, 0.717) is 6.42 Å². The zero-order valence-corrected chi connectivity index (χ0v) is 13.0. The molecule has 2 aliphatic rings. The van der Waals surface area contributed by atoms with Crippen LogP contribution in [-0.4, -0.2) is 6.54 Å². The van der Waals surface area contributed by atoms with Crippen LogP contribution in [0.15, 0.2) is 48.7 Å². The van der Waals surface area contributed by atoms with Crippen molar-refractivity contribution in [2.45, 2.75) is 13.3 Å². The monoisotopic (exact) mass is 299 g/mol. The zero-order chi connectivity index (χ0) is 15.8. The molecule has 2 aromatic rings. The van der Waals surface area contributed by atoms with Gasteiger partial charge in [0.15, 0.2) is 0 Å². The molecule has 112 valence electrons. The Morgan fingerprint density at radius 1 is 1.13 bits per heavy atom. The van der Waals surface area contributed by atoms with E-state index in [4.69, 9.17) is 11.2 Å². The molecule has 2 heterocycles. The first-order valence-electron chi connectivity index (χ1n) is 7.85. The van der Waals surface area contributed by atoms with Gasteiger partial charge in [-0.15, -0.1) is 6.42 Å². The molecular formula is C21H17NO. The van der Waals surface area contributed by atoms with Gasteiger partial charge in [0.1, 0.15) is 11.5 Å². The number of fused-ring (bicyclic) bond motifs is 5. The highest BCUT2D eigenvalue weighted by Gasteiger charge is 2.20. The summed E-state index contributed by atoms with van der Waals surface area (Å²) >= 11 is 0.